The molecular weight excluding hydrogens is 230 g/mol. The van der Waals surface area contributed by atoms with Crippen molar-refractivity contribution >= 4 is 11.7 Å². The van der Waals surface area contributed by atoms with Gasteiger partial charge in [0, 0.05) is 11.3 Å². The lowest BCUT2D eigenvalue weighted by molar-refractivity contribution is 0.0697. The number of nitrogen functional groups attached to an aromatic ring is 1. The van der Waals surface area contributed by atoms with Crippen LogP contribution in [0.5, 0.6) is 5.75 Å². The minimum Gasteiger partial charge on any atom is -0.496 e. The highest BCUT2D eigenvalue weighted by Gasteiger charge is 2.10. The Bertz CT molecular complexity index is 576. The fourth-order valence-electron chi connectivity index (χ4n) is 1.73. The number of carboxylic acid groups (broad SMARTS) is 1. The molecule has 0 aliphatic heterocycles. The van der Waals surface area contributed by atoms with Gasteiger partial charge in [-0.05, 0) is 35.9 Å². The normalized spacial score (nSPS) is 10.1. The van der Waals surface area contributed by atoms with Gasteiger partial charge in [-0.1, -0.05) is 12.1 Å². The molecule has 0 heterocycles. The molecular formula is C14H13NO3. The second kappa shape index (κ2) is 4.79. The molecule has 3 N–H and O–H groups in total. The molecule has 2 aromatic rings. The molecule has 4 nitrogen and oxygen atoms in total. The number of carboxylic acids is 1. The zero-order valence-electron chi connectivity index (χ0n) is 9.88. The van der Waals surface area contributed by atoms with E-state index in [-0.39, 0.29) is 5.56 Å². The second-order valence-corrected chi connectivity index (χ2v) is 3.84. The quantitative estimate of drug-likeness (QED) is 0.813. The predicted molar refractivity (Wildman–Crippen MR) is 69.8 cm³/mol. The Kier molecular flexibility index (Phi) is 3.19. The first-order valence-corrected chi connectivity index (χ1v) is 5.39. The molecule has 92 valence electrons. The SMILES string of the molecule is COc1ccc(C(=O)O)cc1-c1ccc(N)cc1. The Hall–Kier alpha value is -2.49. The van der Waals surface area contributed by atoms with Crippen molar-refractivity contribution in [3.8, 4) is 16.9 Å². The third-order valence-corrected chi connectivity index (χ3v) is 2.67. The summed E-state index contributed by atoms with van der Waals surface area (Å²) in [4.78, 5) is 11.0. The molecule has 2 aromatic carbocycles. The zero-order valence-corrected chi connectivity index (χ0v) is 9.88. The topological polar surface area (TPSA) is 72.5 Å². The summed E-state index contributed by atoms with van der Waals surface area (Å²) >= 11 is 0. The summed E-state index contributed by atoms with van der Waals surface area (Å²) in [5.41, 5.74) is 8.11. The van der Waals surface area contributed by atoms with Crippen molar-refractivity contribution in [3.05, 3.63) is 48.0 Å². The van der Waals surface area contributed by atoms with Crippen LogP contribution in [0.25, 0.3) is 11.1 Å². The Morgan fingerprint density at radius 1 is 1.17 bits per heavy atom. The summed E-state index contributed by atoms with van der Waals surface area (Å²) in [6.07, 6.45) is 0. The van der Waals surface area contributed by atoms with Gasteiger partial charge in [0.15, 0.2) is 0 Å². The molecule has 0 saturated carbocycles. The maximum Gasteiger partial charge on any atom is 0.335 e. The summed E-state index contributed by atoms with van der Waals surface area (Å²) in [7, 11) is 1.55. The van der Waals surface area contributed by atoms with Gasteiger partial charge in [-0.25, -0.2) is 4.79 Å². The van der Waals surface area contributed by atoms with Crippen LogP contribution in [0.1, 0.15) is 10.4 Å². The molecule has 2 rings (SSSR count). The molecule has 0 atom stereocenters. The fourth-order valence-corrected chi connectivity index (χ4v) is 1.73. The molecule has 0 radical (unpaired) electrons. The van der Waals surface area contributed by atoms with Gasteiger partial charge < -0.3 is 15.6 Å². The Morgan fingerprint density at radius 2 is 1.83 bits per heavy atom. The average Bonchev–Trinajstić information content (AvgIpc) is 2.39. The Labute approximate surface area is 105 Å². The van der Waals surface area contributed by atoms with Crippen LogP contribution in [0.15, 0.2) is 42.5 Å². The van der Waals surface area contributed by atoms with E-state index in [1.807, 2.05) is 12.1 Å². The van der Waals surface area contributed by atoms with Crippen LogP contribution in [0.4, 0.5) is 5.69 Å². The van der Waals surface area contributed by atoms with Gasteiger partial charge in [-0.15, -0.1) is 0 Å². The third kappa shape index (κ3) is 2.27. The number of hydrogen-bond donors (Lipinski definition) is 2. The number of methoxy groups -OCH3 is 1. The summed E-state index contributed by atoms with van der Waals surface area (Å²) in [5.74, 6) is -0.334. The van der Waals surface area contributed by atoms with Crippen molar-refractivity contribution in [2.24, 2.45) is 0 Å². The number of carbonyl (C=O) groups is 1. The van der Waals surface area contributed by atoms with E-state index in [1.54, 1.807) is 31.4 Å². The number of benzene rings is 2. The Morgan fingerprint density at radius 3 is 2.39 bits per heavy atom. The van der Waals surface area contributed by atoms with Crippen LogP contribution in [-0.2, 0) is 0 Å². The van der Waals surface area contributed by atoms with Gasteiger partial charge in [0.1, 0.15) is 5.75 Å². The highest BCUT2D eigenvalue weighted by atomic mass is 16.5. The van der Waals surface area contributed by atoms with Crippen molar-refractivity contribution in [2.45, 2.75) is 0 Å². The van der Waals surface area contributed by atoms with E-state index in [0.29, 0.717) is 11.4 Å². The Balaban J connectivity index is 2.56. The van der Waals surface area contributed by atoms with E-state index in [4.69, 9.17) is 15.6 Å². The molecule has 4 heteroatoms. The molecule has 0 amide bonds. The molecule has 0 fully saturated rings. The van der Waals surface area contributed by atoms with Crippen molar-refractivity contribution in [2.75, 3.05) is 12.8 Å². The lowest BCUT2D eigenvalue weighted by Crippen LogP contribution is -1.98. The lowest BCUT2D eigenvalue weighted by atomic mass is 10.0. The first-order valence-electron chi connectivity index (χ1n) is 5.39. The molecule has 18 heavy (non-hydrogen) atoms. The van der Waals surface area contributed by atoms with Crippen molar-refractivity contribution in [1.29, 1.82) is 0 Å². The largest absolute Gasteiger partial charge is 0.496 e. The summed E-state index contributed by atoms with van der Waals surface area (Å²) < 4.78 is 5.24. The van der Waals surface area contributed by atoms with Crippen LogP contribution in [-0.4, -0.2) is 18.2 Å². The van der Waals surface area contributed by atoms with E-state index < -0.39 is 5.97 Å². The number of aromatic carboxylic acids is 1. The minimum absolute atomic E-state index is 0.225. The molecule has 0 aliphatic rings. The first kappa shape index (κ1) is 12.0. The number of anilines is 1. The lowest BCUT2D eigenvalue weighted by Gasteiger charge is -2.10. The maximum absolute atomic E-state index is 11.0. The highest BCUT2D eigenvalue weighted by molar-refractivity contribution is 5.90. The summed E-state index contributed by atoms with van der Waals surface area (Å²) in [5, 5.41) is 9.00. The third-order valence-electron chi connectivity index (χ3n) is 2.67. The molecule has 0 spiro atoms. The van der Waals surface area contributed by atoms with Gasteiger partial charge in [0.2, 0.25) is 0 Å². The second-order valence-electron chi connectivity index (χ2n) is 3.84. The number of rotatable bonds is 3. The van der Waals surface area contributed by atoms with E-state index in [9.17, 15) is 4.79 Å². The highest BCUT2D eigenvalue weighted by Crippen LogP contribution is 2.31. The van der Waals surface area contributed by atoms with Crippen molar-refractivity contribution < 1.29 is 14.6 Å². The van der Waals surface area contributed by atoms with E-state index >= 15 is 0 Å². The van der Waals surface area contributed by atoms with E-state index in [2.05, 4.69) is 0 Å². The molecule has 0 bridgehead atoms. The van der Waals surface area contributed by atoms with E-state index in [1.165, 1.54) is 6.07 Å². The van der Waals surface area contributed by atoms with Crippen molar-refractivity contribution in [1.82, 2.24) is 0 Å². The van der Waals surface area contributed by atoms with Gasteiger partial charge in [-0.3, -0.25) is 0 Å². The molecule has 0 aromatic heterocycles. The molecule has 0 aliphatic carbocycles. The fraction of sp³-hybridized carbons (Fsp3) is 0.0714. The summed E-state index contributed by atoms with van der Waals surface area (Å²) in [6.45, 7) is 0. The van der Waals surface area contributed by atoms with E-state index in [0.717, 1.165) is 11.1 Å². The van der Waals surface area contributed by atoms with Crippen molar-refractivity contribution in [3.63, 3.8) is 0 Å². The van der Waals surface area contributed by atoms with Crippen LogP contribution in [0.3, 0.4) is 0 Å². The van der Waals surface area contributed by atoms with Crippen LogP contribution < -0.4 is 10.5 Å². The summed E-state index contributed by atoms with van der Waals surface area (Å²) in [6, 6.07) is 12.0. The number of hydrogen-bond acceptors (Lipinski definition) is 3. The number of nitrogens with two attached hydrogens (primary N) is 1. The smallest absolute Gasteiger partial charge is 0.335 e. The zero-order chi connectivity index (χ0) is 13.1. The van der Waals surface area contributed by atoms with Gasteiger partial charge in [-0.2, -0.15) is 0 Å². The van der Waals surface area contributed by atoms with Crippen LogP contribution in [0.2, 0.25) is 0 Å². The van der Waals surface area contributed by atoms with Gasteiger partial charge >= 0.3 is 5.97 Å². The molecule has 0 unspecified atom stereocenters. The average molecular weight is 243 g/mol. The van der Waals surface area contributed by atoms with Gasteiger partial charge in [0.25, 0.3) is 0 Å². The maximum atomic E-state index is 11.0. The standard InChI is InChI=1S/C14H13NO3/c1-18-13-7-4-10(14(16)17)8-12(13)9-2-5-11(15)6-3-9/h2-8H,15H2,1H3,(H,16,17). The van der Waals surface area contributed by atoms with Crippen LogP contribution in [0, 0.1) is 0 Å². The van der Waals surface area contributed by atoms with Crippen LogP contribution >= 0.6 is 0 Å². The number of ether oxygens (including phenoxy) is 1. The minimum atomic E-state index is -0.964. The predicted octanol–water partition coefficient (Wildman–Crippen LogP) is 2.64. The first-order chi connectivity index (χ1) is 8.61. The van der Waals surface area contributed by atoms with Gasteiger partial charge in [0.05, 0.1) is 12.7 Å². The monoisotopic (exact) mass is 243 g/mol. The molecule has 0 saturated heterocycles.